The lowest BCUT2D eigenvalue weighted by molar-refractivity contribution is 0.0477. The molecule has 2 aliphatic rings. The average molecular weight is 597 g/mol. The van der Waals surface area contributed by atoms with E-state index < -0.39 is 6.10 Å². The Morgan fingerprint density at radius 3 is 1.82 bits per heavy atom. The first-order chi connectivity index (χ1) is 21.5. The highest BCUT2D eigenvalue weighted by Crippen LogP contribution is 2.37. The van der Waals surface area contributed by atoms with Gasteiger partial charge >= 0.3 is 0 Å². The second-order valence-corrected chi connectivity index (χ2v) is 14.0. The quantitative estimate of drug-likeness (QED) is 0.166. The molecule has 0 heterocycles. The Morgan fingerprint density at radius 1 is 0.682 bits per heavy atom. The molecule has 0 radical (unpaired) electrons. The van der Waals surface area contributed by atoms with Gasteiger partial charge in [0.1, 0.15) is 0 Å². The first-order valence-corrected chi connectivity index (χ1v) is 17.5. The molecule has 3 aromatic carbocycles. The summed E-state index contributed by atoms with van der Waals surface area (Å²) in [5, 5.41) is 25.4. The van der Waals surface area contributed by atoms with Crippen LogP contribution < -0.4 is 5.32 Å². The third kappa shape index (κ3) is 10.5. The number of hydrogen-bond acceptors (Lipinski definition) is 4. The van der Waals surface area contributed by atoms with E-state index >= 15 is 0 Å². The van der Waals surface area contributed by atoms with Gasteiger partial charge in [0.05, 0.1) is 12.2 Å². The van der Waals surface area contributed by atoms with Crippen LogP contribution in [-0.4, -0.2) is 45.9 Å². The normalized spacial score (nSPS) is 24.5. The molecule has 2 fully saturated rings. The first-order valence-electron chi connectivity index (χ1n) is 17.5. The molecule has 0 aliphatic heterocycles. The standard InChI is InChI=1S/C40H56N2O2/c1-31(43)25-37(36-15-9-4-10-16-36)27-40(44)30-42(29-35-13-7-3-8-14-35)39-23-19-33(20-24-39)26-32-17-21-38(22-18-32)41-28-34-11-5-2-6-12-34/h2-16,31-33,37-41,43-44H,17-30H2,1H3. The number of benzene rings is 3. The molecule has 44 heavy (non-hydrogen) atoms. The Kier molecular flexibility index (Phi) is 12.9. The zero-order valence-corrected chi connectivity index (χ0v) is 26.9. The number of nitrogens with one attached hydrogen (secondary N) is 1. The van der Waals surface area contributed by atoms with Crippen molar-refractivity contribution in [3.8, 4) is 0 Å². The number of nitrogens with zero attached hydrogens (tertiary/aromatic N) is 1. The van der Waals surface area contributed by atoms with Gasteiger partial charge in [-0.15, -0.1) is 0 Å². The highest BCUT2D eigenvalue weighted by Gasteiger charge is 2.31. The van der Waals surface area contributed by atoms with Crippen molar-refractivity contribution in [2.45, 2.75) is 121 Å². The van der Waals surface area contributed by atoms with Gasteiger partial charge in [-0.3, -0.25) is 4.90 Å². The molecule has 3 unspecified atom stereocenters. The minimum Gasteiger partial charge on any atom is -0.393 e. The Morgan fingerprint density at radius 2 is 1.23 bits per heavy atom. The Bertz CT molecular complexity index is 1170. The van der Waals surface area contributed by atoms with Crippen LogP contribution in [0.2, 0.25) is 0 Å². The predicted molar refractivity (Wildman–Crippen MR) is 182 cm³/mol. The van der Waals surface area contributed by atoms with Crippen molar-refractivity contribution >= 4 is 0 Å². The second-order valence-electron chi connectivity index (χ2n) is 14.0. The van der Waals surface area contributed by atoms with Crippen molar-refractivity contribution in [1.29, 1.82) is 0 Å². The fourth-order valence-corrected chi connectivity index (χ4v) is 8.02. The van der Waals surface area contributed by atoms with E-state index in [1.165, 1.54) is 74.5 Å². The van der Waals surface area contributed by atoms with E-state index in [9.17, 15) is 10.2 Å². The largest absolute Gasteiger partial charge is 0.393 e. The summed E-state index contributed by atoms with van der Waals surface area (Å²) in [6, 6.07) is 33.2. The van der Waals surface area contributed by atoms with Gasteiger partial charge in [0, 0.05) is 31.7 Å². The fourth-order valence-electron chi connectivity index (χ4n) is 8.02. The second kappa shape index (κ2) is 17.3. The minimum absolute atomic E-state index is 0.157. The van der Waals surface area contributed by atoms with Crippen molar-refractivity contribution in [3.05, 3.63) is 108 Å². The summed E-state index contributed by atoms with van der Waals surface area (Å²) < 4.78 is 0. The van der Waals surface area contributed by atoms with E-state index in [0.29, 0.717) is 31.5 Å². The molecule has 3 N–H and O–H groups in total. The molecule has 4 nitrogen and oxygen atoms in total. The van der Waals surface area contributed by atoms with Crippen molar-refractivity contribution in [2.24, 2.45) is 11.8 Å². The lowest BCUT2D eigenvalue weighted by atomic mass is 9.75. The molecule has 2 aliphatic carbocycles. The highest BCUT2D eigenvalue weighted by molar-refractivity contribution is 5.20. The summed E-state index contributed by atoms with van der Waals surface area (Å²) in [6.45, 7) is 4.42. The molecule has 238 valence electrons. The number of aliphatic hydroxyl groups excluding tert-OH is 2. The van der Waals surface area contributed by atoms with Gasteiger partial charge in [0.25, 0.3) is 0 Å². The zero-order valence-electron chi connectivity index (χ0n) is 26.9. The van der Waals surface area contributed by atoms with Gasteiger partial charge in [-0.2, -0.15) is 0 Å². The molecule has 5 rings (SSSR count). The van der Waals surface area contributed by atoms with Crippen molar-refractivity contribution in [2.75, 3.05) is 6.54 Å². The van der Waals surface area contributed by atoms with Crippen LogP contribution in [0.3, 0.4) is 0 Å². The number of hydrogen-bond donors (Lipinski definition) is 3. The van der Waals surface area contributed by atoms with Crippen LogP contribution in [0, 0.1) is 11.8 Å². The maximum Gasteiger partial charge on any atom is 0.0673 e. The van der Waals surface area contributed by atoms with Gasteiger partial charge < -0.3 is 15.5 Å². The molecule has 3 atom stereocenters. The molecule has 0 bridgehead atoms. The first kappa shape index (κ1) is 32.9. The van der Waals surface area contributed by atoms with Crippen LogP contribution in [0.5, 0.6) is 0 Å². The molecule has 0 amide bonds. The summed E-state index contributed by atoms with van der Waals surface area (Å²) in [7, 11) is 0. The van der Waals surface area contributed by atoms with E-state index in [1.807, 2.05) is 13.0 Å². The summed E-state index contributed by atoms with van der Waals surface area (Å²) in [5.74, 6) is 1.89. The molecular formula is C40H56N2O2. The lowest BCUT2D eigenvalue weighted by Crippen LogP contribution is -2.42. The maximum absolute atomic E-state index is 11.4. The lowest BCUT2D eigenvalue weighted by Gasteiger charge is -2.40. The summed E-state index contributed by atoms with van der Waals surface area (Å²) in [6.07, 6.45) is 12.4. The fraction of sp³-hybridized carbons (Fsp3) is 0.550. The van der Waals surface area contributed by atoms with Gasteiger partial charge in [-0.05, 0) is 112 Å². The summed E-state index contributed by atoms with van der Waals surface area (Å²) in [5.41, 5.74) is 3.92. The Balaban J connectivity index is 1.11. The molecular weight excluding hydrogens is 540 g/mol. The molecule has 3 aromatic rings. The van der Waals surface area contributed by atoms with E-state index in [2.05, 4.69) is 95.1 Å². The number of aliphatic hydroxyl groups is 2. The van der Waals surface area contributed by atoms with E-state index in [4.69, 9.17) is 0 Å². The summed E-state index contributed by atoms with van der Waals surface area (Å²) >= 11 is 0. The predicted octanol–water partition coefficient (Wildman–Crippen LogP) is 8.09. The topological polar surface area (TPSA) is 55.7 Å². The van der Waals surface area contributed by atoms with E-state index in [0.717, 1.165) is 24.9 Å². The van der Waals surface area contributed by atoms with Crippen LogP contribution in [0.4, 0.5) is 0 Å². The van der Waals surface area contributed by atoms with Gasteiger partial charge in [0.15, 0.2) is 0 Å². The third-order valence-electron chi connectivity index (χ3n) is 10.4. The van der Waals surface area contributed by atoms with Crippen molar-refractivity contribution < 1.29 is 10.2 Å². The SMILES string of the molecule is CC(O)CC(CC(O)CN(Cc1ccccc1)C1CCC(CC2CCC(NCc3ccccc3)CC2)CC1)c1ccccc1. The minimum atomic E-state index is -0.425. The van der Waals surface area contributed by atoms with Crippen LogP contribution in [-0.2, 0) is 13.1 Å². The van der Waals surface area contributed by atoms with Crippen LogP contribution in [0.1, 0.15) is 100 Å². The van der Waals surface area contributed by atoms with Crippen LogP contribution in [0.15, 0.2) is 91.0 Å². The monoisotopic (exact) mass is 596 g/mol. The van der Waals surface area contributed by atoms with Gasteiger partial charge in [-0.25, -0.2) is 0 Å². The third-order valence-corrected chi connectivity index (χ3v) is 10.4. The number of rotatable bonds is 15. The van der Waals surface area contributed by atoms with Gasteiger partial charge in [0.2, 0.25) is 0 Å². The van der Waals surface area contributed by atoms with E-state index in [-0.39, 0.29) is 12.0 Å². The zero-order chi connectivity index (χ0) is 30.6. The smallest absolute Gasteiger partial charge is 0.0673 e. The van der Waals surface area contributed by atoms with Crippen molar-refractivity contribution in [3.63, 3.8) is 0 Å². The average Bonchev–Trinajstić information content (AvgIpc) is 3.05. The highest BCUT2D eigenvalue weighted by atomic mass is 16.3. The van der Waals surface area contributed by atoms with Crippen LogP contribution in [0.25, 0.3) is 0 Å². The molecule has 4 heteroatoms. The molecule has 2 saturated carbocycles. The maximum atomic E-state index is 11.4. The molecule has 0 saturated heterocycles. The Hall–Kier alpha value is -2.50. The molecule has 0 spiro atoms. The van der Waals surface area contributed by atoms with Gasteiger partial charge in [-0.1, -0.05) is 91.0 Å². The Labute approximate surface area is 266 Å². The van der Waals surface area contributed by atoms with Crippen molar-refractivity contribution in [1.82, 2.24) is 10.2 Å². The molecule has 0 aromatic heterocycles. The van der Waals surface area contributed by atoms with E-state index in [1.54, 1.807) is 0 Å². The summed E-state index contributed by atoms with van der Waals surface area (Å²) in [4.78, 5) is 2.57. The van der Waals surface area contributed by atoms with Crippen LogP contribution >= 0.6 is 0 Å².